The van der Waals surface area contributed by atoms with Crippen LogP contribution in [-0.2, 0) is 11.2 Å². The topological polar surface area (TPSA) is 102 Å². The minimum Gasteiger partial charge on any atom is -0.475 e. The number of halogens is 4. The molecule has 2 unspecified atom stereocenters. The molecule has 11 heteroatoms. The minimum absolute atomic E-state index is 0.161. The van der Waals surface area contributed by atoms with E-state index in [0.717, 1.165) is 51.4 Å². The van der Waals surface area contributed by atoms with Crippen LogP contribution in [0.2, 0.25) is 0 Å². The summed E-state index contributed by atoms with van der Waals surface area (Å²) in [6.45, 7) is 4.51. The molecule has 2 atom stereocenters. The standard InChI is InChI=1S/C25H32FN3O2.C2HF3O2/c26-22-9-7-20(8-10-22)23-16-24(23)27-17-19-11-14-29(15-12-19)13-1-2-18-3-5-21(6-4-18)25(30)28-31;3-2(4,5)1(6)7/h3-10,19,23-24,27,31H,1-2,11-17H2,(H,28,30);(H,6,7). The Balaban J connectivity index is 0.000000505. The van der Waals surface area contributed by atoms with Gasteiger partial charge in [0.25, 0.3) is 5.91 Å². The molecule has 208 valence electrons. The second-order valence-electron chi connectivity index (χ2n) is 9.74. The smallest absolute Gasteiger partial charge is 0.475 e. The average molecular weight is 540 g/mol. The number of hydrogen-bond acceptors (Lipinski definition) is 5. The number of alkyl halides is 3. The Labute approximate surface area is 218 Å². The van der Waals surface area contributed by atoms with E-state index in [0.29, 0.717) is 17.5 Å². The summed E-state index contributed by atoms with van der Waals surface area (Å²) in [7, 11) is 0. The number of benzene rings is 2. The van der Waals surface area contributed by atoms with E-state index in [9.17, 15) is 22.4 Å². The van der Waals surface area contributed by atoms with Crippen molar-refractivity contribution in [3.05, 3.63) is 71.0 Å². The van der Waals surface area contributed by atoms with Gasteiger partial charge in [0.2, 0.25) is 0 Å². The highest BCUT2D eigenvalue weighted by molar-refractivity contribution is 5.93. The average Bonchev–Trinajstić information content (AvgIpc) is 3.68. The van der Waals surface area contributed by atoms with Gasteiger partial charge >= 0.3 is 12.1 Å². The van der Waals surface area contributed by atoms with Crippen LogP contribution in [-0.4, -0.2) is 65.5 Å². The number of aryl methyl sites for hydroxylation is 1. The summed E-state index contributed by atoms with van der Waals surface area (Å²) in [5, 5.41) is 19.5. The Bertz CT molecular complexity index is 1040. The number of carbonyl (C=O) groups excluding carboxylic acids is 1. The second-order valence-corrected chi connectivity index (χ2v) is 9.74. The van der Waals surface area contributed by atoms with E-state index in [1.807, 2.05) is 24.3 Å². The van der Waals surface area contributed by atoms with Crippen LogP contribution in [0.1, 0.15) is 53.1 Å². The second kappa shape index (κ2) is 13.7. The molecule has 2 aromatic rings. The lowest BCUT2D eigenvalue weighted by Crippen LogP contribution is -2.38. The Morgan fingerprint density at radius 1 is 1.00 bits per heavy atom. The monoisotopic (exact) mass is 539 g/mol. The van der Waals surface area contributed by atoms with E-state index in [-0.39, 0.29) is 5.82 Å². The van der Waals surface area contributed by atoms with Gasteiger partial charge in [0.05, 0.1) is 0 Å². The molecule has 0 aromatic heterocycles. The normalized spacial score (nSPS) is 19.8. The Hall–Kier alpha value is -3.02. The molecule has 1 aliphatic heterocycles. The zero-order valence-corrected chi connectivity index (χ0v) is 20.9. The predicted octanol–water partition coefficient (Wildman–Crippen LogP) is 4.37. The maximum atomic E-state index is 13.1. The molecule has 1 amide bonds. The number of hydroxylamine groups is 1. The number of hydrogen-bond donors (Lipinski definition) is 4. The lowest BCUT2D eigenvalue weighted by molar-refractivity contribution is -0.192. The summed E-state index contributed by atoms with van der Waals surface area (Å²) in [5.74, 6) is -2.10. The number of piperidine rings is 1. The van der Waals surface area contributed by atoms with Crippen LogP contribution in [0.5, 0.6) is 0 Å². The molecule has 0 bridgehead atoms. The number of likely N-dealkylation sites (tertiary alicyclic amines) is 1. The van der Waals surface area contributed by atoms with Crippen molar-refractivity contribution in [2.24, 2.45) is 5.92 Å². The third-order valence-corrected chi connectivity index (χ3v) is 6.96. The molecule has 1 aliphatic carbocycles. The highest BCUT2D eigenvalue weighted by Crippen LogP contribution is 2.41. The molecule has 0 spiro atoms. The Kier molecular flexibility index (Phi) is 10.6. The first-order valence-electron chi connectivity index (χ1n) is 12.6. The summed E-state index contributed by atoms with van der Waals surface area (Å²) in [5.41, 5.74) is 4.59. The van der Waals surface area contributed by atoms with Gasteiger partial charge in [-0.15, -0.1) is 0 Å². The quantitative estimate of drug-likeness (QED) is 0.215. The number of rotatable bonds is 9. The van der Waals surface area contributed by atoms with Gasteiger partial charge in [-0.3, -0.25) is 10.0 Å². The van der Waals surface area contributed by atoms with Gasteiger partial charge in [-0.2, -0.15) is 13.2 Å². The van der Waals surface area contributed by atoms with E-state index in [1.54, 1.807) is 29.7 Å². The number of amides is 1. The number of aliphatic carboxylic acids is 1. The highest BCUT2D eigenvalue weighted by atomic mass is 19.4. The molecule has 1 saturated carbocycles. The fourth-order valence-corrected chi connectivity index (χ4v) is 4.63. The van der Waals surface area contributed by atoms with Crippen LogP contribution in [0.15, 0.2) is 48.5 Å². The number of carboxylic acids is 1. The zero-order valence-electron chi connectivity index (χ0n) is 20.9. The molecule has 1 heterocycles. The molecule has 2 aliphatic rings. The number of nitrogens with one attached hydrogen (secondary N) is 2. The van der Waals surface area contributed by atoms with Crippen molar-refractivity contribution in [1.82, 2.24) is 15.7 Å². The largest absolute Gasteiger partial charge is 0.490 e. The van der Waals surface area contributed by atoms with Gasteiger partial charge in [0.1, 0.15) is 5.82 Å². The van der Waals surface area contributed by atoms with Crippen molar-refractivity contribution in [3.8, 4) is 0 Å². The first-order chi connectivity index (χ1) is 18.1. The zero-order chi connectivity index (χ0) is 27.7. The van der Waals surface area contributed by atoms with Gasteiger partial charge < -0.3 is 15.3 Å². The minimum atomic E-state index is -5.08. The summed E-state index contributed by atoms with van der Waals surface area (Å²) in [6.07, 6.45) is 0.665. The van der Waals surface area contributed by atoms with Gasteiger partial charge in [-0.05, 0) is 99.6 Å². The molecule has 2 aromatic carbocycles. The van der Waals surface area contributed by atoms with Crippen LogP contribution in [0, 0.1) is 11.7 Å². The molecule has 7 nitrogen and oxygen atoms in total. The van der Waals surface area contributed by atoms with Crippen molar-refractivity contribution in [2.45, 2.75) is 50.2 Å². The maximum absolute atomic E-state index is 13.1. The van der Waals surface area contributed by atoms with Gasteiger partial charge in [0, 0.05) is 17.5 Å². The highest BCUT2D eigenvalue weighted by Gasteiger charge is 2.39. The third kappa shape index (κ3) is 9.38. The summed E-state index contributed by atoms with van der Waals surface area (Å²) < 4.78 is 44.8. The van der Waals surface area contributed by atoms with E-state index in [1.165, 1.54) is 24.0 Å². The molecule has 4 rings (SSSR count). The molecule has 2 fully saturated rings. The van der Waals surface area contributed by atoms with E-state index in [2.05, 4.69) is 10.2 Å². The van der Waals surface area contributed by atoms with Gasteiger partial charge in [-0.1, -0.05) is 24.3 Å². The summed E-state index contributed by atoms with van der Waals surface area (Å²) in [4.78, 5) is 22.8. The van der Waals surface area contributed by atoms with Crippen LogP contribution >= 0.6 is 0 Å². The fourth-order valence-electron chi connectivity index (χ4n) is 4.63. The van der Waals surface area contributed by atoms with Crippen LogP contribution in [0.25, 0.3) is 0 Å². The summed E-state index contributed by atoms with van der Waals surface area (Å²) in [6, 6.07) is 14.9. The molecule has 38 heavy (non-hydrogen) atoms. The third-order valence-electron chi connectivity index (χ3n) is 6.96. The van der Waals surface area contributed by atoms with Crippen molar-refractivity contribution in [1.29, 1.82) is 0 Å². The van der Waals surface area contributed by atoms with E-state index >= 15 is 0 Å². The van der Waals surface area contributed by atoms with Gasteiger partial charge in [-0.25, -0.2) is 14.7 Å². The van der Waals surface area contributed by atoms with Crippen molar-refractivity contribution in [3.63, 3.8) is 0 Å². The molecule has 0 radical (unpaired) electrons. The number of carboxylic acid groups (broad SMARTS) is 1. The summed E-state index contributed by atoms with van der Waals surface area (Å²) >= 11 is 0. The molecule has 1 saturated heterocycles. The van der Waals surface area contributed by atoms with Crippen LogP contribution in [0.3, 0.4) is 0 Å². The van der Waals surface area contributed by atoms with E-state index in [4.69, 9.17) is 15.1 Å². The Morgan fingerprint density at radius 2 is 1.61 bits per heavy atom. The number of nitrogens with zero attached hydrogens (tertiary/aromatic N) is 1. The first kappa shape index (κ1) is 29.5. The van der Waals surface area contributed by atoms with Crippen LogP contribution in [0.4, 0.5) is 17.6 Å². The molecule has 4 N–H and O–H groups in total. The predicted molar refractivity (Wildman–Crippen MR) is 132 cm³/mol. The van der Waals surface area contributed by atoms with E-state index < -0.39 is 18.1 Å². The SMILES string of the molecule is O=C(NO)c1ccc(CCCN2CCC(CNC3CC3c3ccc(F)cc3)CC2)cc1.O=C(O)C(F)(F)F. The van der Waals surface area contributed by atoms with Crippen molar-refractivity contribution >= 4 is 11.9 Å². The number of carbonyl (C=O) groups is 2. The van der Waals surface area contributed by atoms with Crippen molar-refractivity contribution in [2.75, 3.05) is 26.2 Å². The molecular formula is C27H33F4N3O4. The lowest BCUT2D eigenvalue weighted by atomic mass is 9.96. The Morgan fingerprint density at radius 3 is 2.16 bits per heavy atom. The van der Waals surface area contributed by atoms with Crippen LogP contribution < -0.4 is 10.8 Å². The van der Waals surface area contributed by atoms with Crippen molar-refractivity contribution < 1.29 is 37.5 Å². The van der Waals surface area contributed by atoms with Gasteiger partial charge in [0.15, 0.2) is 0 Å². The maximum Gasteiger partial charge on any atom is 0.490 e. The lowest BCUT2D eigenvalue weighted by Gasteiger charge is -2.32. The first-order valence-corrected chi connectivity index (χ1v) is 12.6. The molecular weight excluding hydrogens is 506 g/mol. The fraction of sp³-hybridized carbons (Fsp3) is 0.481.